The SMILES string of the molecule is O=C(C[C@H](O)c1ccc(O)cc1)c1ccc(O)c([C@@H]2O[C@H](CO)[C@@H](O)[C@@H](O)[C@H]2O)c1O. The van der Waals surface area contributed by atoms with E-state index in [0.717, 1.165) is 12.1 Å². The average molecular weight is 436 g/mol. The van der Waals surface area contributed by atoms with Crippen LogP contribution in [-0.4, -0.2) is 77.7 Å². The number of aliphatic hydroxyl groups excluding tert-OH is 5. The Balaban J connectivity index is 1.89. The van der Waals surface area contributed by atoms with Crippen molar-refractivity contribution in [3.8, 4) is 17.2 Å². The van der Waals surface area contributed by atoms with Gasteiger partial charge in [0.15, 0.2) is 5.78 Å². The number of aliphatic hydroxyl groups is 5. The van der Waals surface area contributed by atoms with Crippen molar-refractivity contribution in [2.24, 2.45) is 0 Å². The van der Waals surface area contributed by atoms with Gasteiger partial charge in [-0.2, -0.15) is 0 Å². The van der Waals surface area contributed by atoms with Crippen LogP contribution in [-0.2, 0) is 4.74 Å². The lowest BCUT2D eigenvalue weighted by Crippen LogP contribution is -2.55. The van der Waals surface area contributed by atoms with Gasteiger partial charge in [0.1, 0.15) is 47.8 Å². The van der Waals surface area contributed by atoms with E-state index < -0.39 is 72.5 Å². The van der Waals surface area contributed by atoms with Gasteiger partial charge >= 0.3 is 0 Å². The Morgan fingerprint density at radius 1 is 0.935 bits per heavy atom. The normalized spacial score (nSPS) is 27.1. The van der Waals surface area contributed by atoms with Gasteiger partial charge in [-0.15, -0.1) is 0 Å². The zero-order chi connectivity index (χ0) is 22.9. The smallest absolute Gasteiger partial charge is 0.169 e. The number of ketones is 1. The Morgan fingerprint density at radius 2 is 1.58 bits per heavy atom. The monoisotopic (exact) mass is 436 g/mol. The fourth-order valence-electron chi connectivity index (χ4n) is 3.54. The second-order valence-corrected chi connectivity index (χ2v) is 7.38. The van der Waals surface area contributed by atoms with Gasteiger partial charge in [-0.1, -0.05) is 12.1 Å². The van der Waals surface area contributed by atoms with Crippen LogP contribution in [0.1, 0.15) is 40.1 Å². The molecular weight excluding hydrogens is 412 g/mol. The number of carbonyl (C=O) groups is 1. The highest BCUT2D eigenvalue weighted by atomic mass is 16.5. The molecule has 0 amide bonds. The molecule has 0 aliphatic carbocycles. The van der Waals surface area contributed by atoms with Crippen molar-refractivity contribution < 1.29 is 50.4 Å². The molecule has 0 radical (unpaired) electrons. The van der Waals surface area contributed by atoms with E-state index in [2.05, 4.69) is 0 Å². The third kappa shape index (κ3) is 4.49. The van der Waals surface area contributed by atoms with Crippen molar-refractivity contribution in [1.82, 2.24) is 0 Å². The van der Waals surface area contributed by atoms with Crippen LogP contribution in [0.4, 0.5) is 0 Å². The maximum Gasteiger partial charge on any atom is 0.169 e. The molecule has 6 atom stereocenters. The number of aromatic hydroxyl groups is 3. The zero-order valence-corrected chi connectivity index (χ0v) is 16.2. The molecule has 10 heteroatoms. The van der Waals surface area contributed by atoms with Crippen LogP contribution >= 0.6 is 0 Å². The number of carbonyl (C=O) groups excluding carboxylic acids is 1. The summed E-state index contributed by atoms with van der Waals surface area (Å²) in [6.07, 6.45) is -9.66. The number of benzene rings is 2. The minimum Gasteiger partial charge on any atom is -0.508 e. The molecule has 2 aromatic carbocycles. The maximum absolute atomic E-state index is 12.7. The summed E-state index contributed by atoms with van der Waals surface area (Å²) in [7, 11) is 0. The predicted molar refractivity (Wildman–Crippen MR) is 105 cm³/mol. The van der Waals surface area contributed by atoms with Crippen molar-refractivity contribution in [1.29, 1.82) is 0 Å². The largest absolute Gasteiger partial charge is 0.508 e. The van der Waals surface area contributed by atoms with Gasteiger partial charge in [0.2, 0.25) is 0 Å². The standard InChI is InChI=1S/C21H24O10/c22-8-15-18(28)19(29)20(30)21(31-15)16-12(24)6-5-11(17(16)27)14(26)7-13(25)9-1-3-10(23)4-2-9/h1-6,13,15,18-25,27-30H,7-8H2/t13-,15+,18+,19+,20+,21-/m0/s1. The lowest BCUT2D eigenvalue weighted by atomic mass is 9.88. The second kappa shape index (κ2) is 9.18. The van der Waals surface area contributed by atoms with E-state index in [1.807, 2.05) is 0 Å². The lowest BCUT2D eigenvalue weighted by Gasteiger charge is -2.40. The molecule has 1 saturated heterocycles. The van der Waals surface area contributed by atoms with E-state index in [1.165, 1.54) is 24.3 Å². The van der Waals surface area contributed by atoms with E-state index in [9.17, 15) is 45.6 Å². The van der Waals surface area contributed by atoms with Gasteiger partial charge in [0.25, 0.3) is 0 Å². The molecular formula is C21H24O10. The zero-order valence-electron chi connectivity index (χ0n) is 16.2. The number of phenols is 3. The summed E-state index contributed by atoms with van der Waals surface area (Å²) in [6, 6.07) is 7.77. The summed E-state index contributed by atoms with van der Waals surface area (Å²) in [5.41, 5.74) is -0.317. The Labute approximate surface area is 176 Å². The number of rotatable bonds is 6. The number of phenolic OH excluding ortho intramolecular Hbond substituents is 3. The van der Waals surface area contributed by atoms with Crippen LogP contribution in [0.5, 0.6) is 17.2 Å². The topological polar surface area (TPSA) is 188 Å². The molecule has 0 unspecified atom stereocenters. The first-order chi connectivity index (χ1) is 14.6. The molecule has 0 saturated carbocycles. The van der Waals surface area contributed by atoms with Crippen molar-refractivity contribution in [3.05, 3.63) is 53.1 Å². The first-order valence-electron chi connectivity index (χ1n) is 9.51. The highest BCUT2D eigenvalue weighted by Gasteiger charge is 2.46. The molecule has 0 aromatic heterocycles. The van der Waals surface area contributed by atoms with E-state index in [4.69, 9.17) is 4.74 Å². The molecule has 31 heavy (non-hydrogen) atoms. The highest BCUT2D eigenvalue weighted by molar-refractivity contribution is 5.99. The maximum atomic E-state index is 12.7. The molecule has 1 heterocycles. The summed E-state index contributed by atoms with van der Waals surface area (Å²) in [5.74, 6) is -1.98. The van der Waals surface area contributed by atoms with Gasteiger partial charge in [0, 0.05) is 6.42 Å². The van der Waals surface area contributed by atoms with Gasteiger partial charge in [0.05, 0.1) is 23.8 Å². The minimum atomic E-state index is -1.78. The van der Waals surface area contributed by atoms with Crippen LogP contribution in [0.25, 0.3) is 0 Å². The first kappa shape index (κ1) is 22.9. The minimum absolute atomic E-state index is 0.0115. The number of hydrogen-bond acceptors (Lipinski definition) is 10. The number of hydrogen-bond donors (Lipinski definition) is 8. The molecule has 0 bridgehead atoms. The van der Waals surface area contributed by atoms with Gasteiger partial charge in [-0.25, -0.2) is 0 Å². The molecule has 3 rings (SSSR count). The Kier molecular flexibility index (Phi) is 6.80. The van der Waals surface area contributed by atoms with E-state index in [-0.39, 0.29) is 11.3 Å². The first-order valence-corrected chi connectivity index (χ1v) is 9.51. The van der Waals surface area contributed by atoms with E-state index >= 15 is 0 Å². The summed E-state index contributed by atoms with van der Waals surface area (Å²) in [4.78, 5) is 12.7. The van der Waals surface area contributed by atoms with Crippen molar-refractivity contribution in [3.63, 3.8) is 0 Å². The highest BCUT2D eigenvalue weighted by Crippen LogP contribution is 2.43. The molecule has 1 fully saturated rings. The van der Waals surface area contributed by atoms with Gasteiger partial charge < -0.3 is 45.6 Å². The molecule has 1 aliphatic rings. The van der Waals surface area contributed by atoms with Crippen molar-refractivity contribution >= 4 is 5.78 Å². The molecule has 0 spiro atoms. The molecule has 168 valence electrons. The molecule has 2 aromatic rings. The summed E-state index contributed by atoms with van der Waals surface area (Å²) in [6.45, 7) is -0.708. The van der Waals surface area contributed by atoms with Crippen LogP contribution < -0.4 is 0 Å². The van der Waals surface area contributed by atoms with Crippen molar-refractivity contribution in [2.45, 2.75) is 43.0 Å². The number of Topliss-reactive ketones (excluding diaryl/α,β-unsaturated/α-hetero) is 1. The Bertz CT molecular complexity index is 927. The predicted octanol–water partition coefficient (Wildman–Crippen LogP) is -0.375. The van der Waals surface area contributed by atoms with E-state index in [0.29, 0.717) is 5.56 Å². The van der Waals surface area contributed by atoms with Crippen LogP contribution in [0.3, 0.4) is 0 Å². The lowest BCUT2D eigenvalue weighted by molar-refractivity contribution is -0.232. The molecule has 1 aliphatic heterocycles. The third-order valence-corrected chi connectivity index (χ3v) is 5.33. The number of ether oxygens (including phenoxy) is 1. The summed E-state index contributed by atoms with van der Waals surface area (Å²) >= 11 is 0. The summed E-state index contributed by atoms with van der Waals surface area (Å²) < 4.78 is 5.36. The fraction of sp³-hybridized carbons (Fsp3) is 0.381. The van der Waals surface area contributed by atoms with Crippen LogP contribution in [0.2, 0.25) is 0 Å². The van der Waals surface area contributed by atoms with Gasteiger partial charge in [-0.05, 0) is 29.8 Å². The quantitative estimate of drug-likeness (QED) is 0.277. The Morgan fingerprint density at radius 3 is 2.19 bits per heavy atom. The van der Waals surface area contributed by atoms with Crippen LogP contribution in [0, 0.1) is 0 Å². The summed E-state index contributed by atoms with van der Waals surface area (Å²) in [5, 5.41) is 80.0. The third-order valence-electron chi connectivity index (χ3n) is 5.33. The van der Waals surface area contributed by atoms with E-state index in [1.54, 1.807) is 0 Å². The van der Waals surface area contributed by atoms with Crippen LogP contribution in [0.15, 0.2) is 36.4 Å². The fourth-order valence-corrected chi connectivity index (χ4v) is 3.54. The molecule has 10 nitrogen and oxygen atoms in total. The molecule has 8 N–H and O–H groups in total. The van der Waals surface area contributed by atoms with Crippen molar-refractivity contribution in [2.75, 3.05) is 6.61 Å². The average Bonchev–Trinajstić information content (AvgIpc) is 2.74. The van der Waals surface area contributed by atoms with Gasteiger partial charge in [-0.3, -0.25) is 4.79 Å². The second-order valence-electron chi connectivity index (χ2n) is 7.38. The Hall–Kier alpha value is -2.73.